The molecule has 5 heteroatoms. The smallest absolute Gasteiger partial charge is 0.253 e. The molecule has 1 aromatic heterocycles. The third-order valence-electron chi connectivity index (χ3n) is 5.20. The van der Waals surface area contributed by atoms with Crippen molar-refractivity contribution in [1.29, 1.82) is 0 Å². The Bertz CT molecular complexity index is 950. The maximum atomic E-state index is 12.7. The molecule has 1 fully saturated rings. The third-order valence-corrected chi connectivity index (χ3v) is 5.20. The zero-order chi connectivity index (χ0) is 19.7. The van der Waals surface area contributed by atoms with Crippen LogP contribution in [-0.2, 0) is 11.8 Å². The summed E-state index contributed by atoms with van der Waals surface area (Å²) in [4.78, 5) is 19.0. The lowest BCUT2D eigenvalue weighted by Gasteiger charge is -2.37. The van der Waals surface area contributed by atoms with Gasteiger partial charge in [-0.05, 0) is 28.7 Å². The fourth-order valence-electron chi connectivity index (χ4n) is 3.38. The summed E-state index contributed by atoms with van der Waals surface area (Å²) in [6.45, 7) is 7.74. The molecule has 144 valence electrons. The predicted molar refractivity (Wildman–Crippen MR) is 107 cm³/mol. The van der Waals surface area contributed by atoms with Gasteiger partial charge in [0.1, 0.15) is 0 Å². The van der Waals surface area contributed by atoms with Crippen molar-refractivity contribution in [1.82, 2.24) is 15.0 Å². The van der Waals surface area contributed by atoms with Crippen molar-refractivity contribution in [3.63, 3.8) is 0 Å². The summed E-state index contributed by atoms with van der Waals surface area (Å²) < 4.78 is 5.43. The van der Waals surface area contributed by atoms with Crippen molar-refractivity contribution >= 4 is 5.91 Å². The van der Waals surface area contributed by atoms with Crippen LogP contribution in [0.1, 0.15) is 59.9 Å². The number of hydrogen-bond acceptors (Lipinski definition) is 4. The molecule has 0 radical (unpaired) electrons. The molecule has 1 aliphatic heterocycles. The number of carbonyl (C=O) groups is 1. The van der Waals surface area contributed by atoms with E-state index >= 15 is 0 Å². The zero-order valence-corrected chi connectivity index (χ0v) is 16.6. The molecule has 1 amide bonds. The Kier molecular flexibility index (Phi) is 4.75. The Morgan fingerprint density at radius 2 is 1.75 bits per heavy atom. The third kappa shape index (κ3) is 3.84. The summed E-state index contributed by atoms with van der Waals surface area (Å²) in [5, 5.41) is 4.09. The summed E-state index contributed by atoms with van der Waals surface area (Å²) >= 11 is 0. The summed E-state index contributed by atoms with van der Waals surface area (Å²) in [5.41, 5.74) is 3.18. The first kappa shape index (κ1) is 18.4. The molecule has 0 bridgehead atoms. The van der Waals surface area contributed by atoms with E-state index in [4.69, 9.17) is 4.52 Å². The molecule has 28 heavy (non-hydrogen) atoms. The van der Waals surface area contributed by atoms with Crippen molar-refractivity contribution < 1.29 is 9.32 Å². The van der Waals surface area contributed by atoms with Crippen LogP contribution in [0.5, 0.6) is 0 Å². The van der Waals surface area contributed by atoms with Crippen LogP contribution in [0.25, 0.3) is 0 Å². The molecule has 2 aromatic carbocycles. The van der Waals surface area contributed by atoms with Crippen molar-refractivity contribution in [3.8, 4) is 0 Å². The van der Waals surface area contributed by atoms with Crippen molar-refractivity contribution in [3.05, 3.63) is 83.0 Å². The minimum absolute atomic E-state index is 0.0562. The molecule has 0 atom stereocenters. The highest BCUT2D eigenvalue weighted by molar-refractivity contribution is 5.94. The normalized spacial score (nSPS) is 14.8. The van der Waals surface area contributed by atoms with Crippen LogP contribution >= 0.6 is 0 Å². The molecule has 2 heterocycles. The van der Waals surface area contributed by atoms with Crippen LogP contribution in [0.2, 0.25) is 0 Å². The molecule has 3 aromatic rings. The zero-order valence-electron chi connectivity index (χ0n) is 16.6. The minimum Gasteiger partial charge on any atom is -0.339 e. The average Bonchev–Trinajstić information content (AvgIpc) is 3.08. The van der Waals surface area contributed by atoms with Crippen molar-refractivity contribution in [2.24, 2.45) is 0 Å². The van der Waals surface area contributed by atoms with Gasteiger partial charge in [0.15, 0.2) is 5.82 Å². The first-order valence-corrected chi connectivity index (χ1v) is 9.66. The Morgan fingerprint density at radius 1 is 1.07 bits per heavy atom. The topological polar surface area (TPSA) is 59.2 Å². The number of nitrogens with zero attached hydrogens (tertiary/aromatic N) is 3. The number of amides is 1. The van der Waals surface area contributed by atoms with E-state index in [1.807, 2.05) is 59.5 Å². The van der Waals surface area contributed by atoms with Crippen LogP contribution in [0.4, 0.5) is 0 Å². The SMILES string of the molecule is CC(C)(C)c1ccc(C(=O)N2CC(c3nc(Cc4ccccc4)no3)C2)cc1. The van der Waals surface area contributed by atoms with Gasteiger partial charge in [0.25, 0.3) is 5.91 Å². The van der Waals surface area contributed by atoms with E-state index in [1.165, 1.54) is 5.56 Å². The van der Waals surface area contributed by atoms with Crippen LogP contribution in [0.15, 0.2) is 59.1 Å². The largest absolute Gasteiger partial charge is 0.339 e. The second kappa shape index (κ2) is 7.23. The monoisotopic (exact) mass is 375 g/mol. The van der Waals surface area contributed by atoms with Gasteiger partial charge < -0.3 is 9.42 Å². The van der Waals surface area contributed by atoms with E-state index in [1.54, 1.807) is 0 Å². The minimum atomic E-state index is 0.0562. The van der Waals surface area contributed by atoms with Gasteiger partial charge in [-0.15, -0.1) is 0 Å². The molecule has 0 unspecified atom stereocenters. The lowest BCUT2D eigenvalue weighted by atomic mass is 9.86. The Morgan fingerprint density at radius 3 is 2.39 bits per heavy atom. The van der Waals surface area contributed by atoms with E-state index < -0.39 is 0 Å². The van der Waals surface area contributed by atoms with E-state index in [0.717, 1.165) is 11.1 Å². The number of benzene rings is 2. The predicted octanol–water partition coefficient (Wildman–Crippen LogP) is 4.20. The van der Waals surface area contributed by atoms with Gasteiger partial charge in [0.2, 0.25) is 5.89 Å². The fourth-order valence-corrected chi connectivity index (χ4v) is 3.38. The summed E-state index contributed by atoms with van der Waals surface area (Å²) in [7, 11) is 0. The molecular weight excluding hydrogens is 350 g/mol. The number of rotatable bonds is 4. The molecule has 0 spiro atoms. The molecule has 1 saturated heterocycles. The van der Waals surface area contributed by atoms with Crippen molar-refractivity contribution in [2.75, 3.05) is 13.1 Å². The second-order valence-electron chi connectivity index (χ2n) is 8.45. The fraction of sp³-hybridized carbons (Fsp3) is 0.348. The van der Waals surface area contributed by atoms with Gasteiger partial charge in [0, 0.05) is 25.1 Å². The number of hydrogen-bond donors (Lipinski definition) is 0. The Balaban J connectivity index is 1.35. The van der Waals surface area contributed by atoms with E-state index in [9.17, 15) is 4.79 Å². The number of aromatic nitrogens is 2. The molecular formula is C23H25N3O2. The second-order valence-corrected chi connectivity index (χ2v) is 8.45. The highest BCUT2D eigenvalue weighted by Gasteiger charge is 2.36. The highest BCUT2D eigenvalue weighted by atomic mass is 16.5. The number of likely N-dealkylation sites (tertiary alicyclic amines) is 1. The number of carbonyl (C=O) groups excluding carboxylic acids is 1. The van der Waals surface area contributed by atoms with Crippen LogP contribution in [0, 0.1) is 0 Å². The first-order valence-electron chi connectivity index (χ1n) is 9.66. The molecule has 0 N–H and O–H groups in total. The molecule has 0 saturated carbocycles. The van der Waals surface area contributed by atoms with Gasteiger partial charge >= 0.3 is 0 Å². The summed E-state index contributed by atoms with van der Waals surface area (Å²) in [6, 6.07) is 18.0. The Labute approximate surface area is 165 Å². The van der Waals surface area contributed by atoms with Gasteiger partial charge in [-0.3, -0.25) is 4.79 Å². The van der Waals surface area contributed by atoms with Gasteiger partial charge in [-0.25, -0.2) is 0 Å². The molecule has 5 nitrogen and oxygen atoms in total. The highest BCUT2D eigenvalue weighted by Crippen LogP contribution is 2.28. The maximum Gasteiger partial charge on any atom is 0.253 e. The van der Waals surface area contributed by atoms with Gasteiger partial charge in [-0.2, -0.15) is 4.98 Å². The molecule has 4 rings (SSSR count). The standard InChI is InChI=1S/C23H25N3O2/c1-23(2,3)19-11-9-17(10-12-19)22(27)26-14-18(15-26)21-24-20(25-28-21)13-16-7-5-4-6-8-16/h4-12,18H,13-15H2,1-3H3. The average molecular weight is 375 g/mol. The van der Waals surface area contributed by atoms with Crippen LogP contribution in [0.3, 0.4) is 0 Å². The van der Waals surface area contributed by atoms with Crippen LogP contribution < -0.4 is 0 Å². The van der Waals surface area contributed by atoms with E-state index in [0.29, 0.717) is 31.2 Å². The molecule has 1 aliphatic rings. The van der Waals surface area contributed by atoms with Gasteiger partial charge in [0.05, 0.1) is 5.92 Å². The van der Waals surface area contributed by atoms with E-state index in [2.05, 4.69) is 30.9 Å². The molecule has 0 aliphatic carbocycles. The van der Waals surface area contributed by atoms with E-state index in [-0.39, 0.29) is 17.2 Å². The quantitative estimate of drug-likeness (QED) is 0.686. The first-order chi connectivity index (χ1) is 13.4. The maximum absolute atomic E-state index is 12.7. The van der Waals surface area contributed by atoms with Crippen molar-refractivity contribution in [2.45, 2.75) is 38.5 Å². The lowest BCUT2D eigenvalue weighted by molar-refractivity contribution is 0.0569. The van der Waals surface area contributed by atoms with Crippen LogP contribution in [-0.4, -0.2) is 34.0 Å². The Hall–Kier alpha value is -2.95. The summed E-state index contributed by atoms with van der Waals surface area (Å²) in [6.07, 6.45) is 0.653. The van der Waals surface area contributed by atoms with Gasteiger partial charge in [-0.1, -0.05) is 68.4 Å². The summed E-state index contributed by atoms with van der Waals surface area (Å²) in [5.74, 6) is 1.48. The lowest BCUT2D eigenvalue weighted by Crippen LogP contribution is -2.48.